The molecule has 28 heavy (non-hydrogen) atoms. The molecule has 2 fully saturated rings. The van der Waals surface area contributed by atoms with Gasteiger partial charge in [-0.1, -0.05) is 12.1 Å². The van der Waals surface area contributed by atoms with Crippen LogP contribution in [0.3, 0.4) is 0 Å². The zero-order valence-corrected chi connectivity index (χ0v) is 17.2. The average molecular weight is 403 g/mol. The van der Waals surface area contributed by atoms with Gasteiger partial charge in [0, 0.05) is 43.8 Å². The molecule has 1 aromatic carbocycles. The van der Waals surface area contributed by atoms with Gasteiger partial charge in [0.1, 0.15) is 5.75 Å². The van der Waals surface area contributed by atoms with Crippen molar-refractivity contribution in [3.63, 3.8) is 0 Å². The van der Waals surface area contributed by atoms with E-state index in [4.69, 9.17) is 9.47 Å². The summed E-state index contributed by atoms with van der Waals surface area (Å²) < 4.78 is 10.9. The van der Waals surface area contributed by atoms with Crippen LogP contribution in [0.2, 0.25) is 0 Å². The number of aromatic nitrogens is 1. The predicted molar refractivity (Wildman–Crippen MR) is 110 cm³/mol. The third-order valence-electron chi connectivity index (χ3n) is 5.34. The molecule has 0 radical (unpaired) electrons. The first-order chi connectivity index (χ1) is 13.7. The van der Waals surface area contributed by atoms with E-state index in [1.54, 1.807) is 18.4 Å². The fourth-order valence-electron chi connectivity index (χ4n) is 3.69. The van der Waals surface area contributed by atoms with Gasteiger partial charge in [0.2, 0.25) is 5.91 Å². The van der Waals surface area contributed by atoms with Crippen LogP contribution in [0.4, 0.5) is 10.8 Å². The van der Waals surface area contributed by atoms with Crippen LogP contribution in [-0.4, -0.2) is 68.3 Å². The molecule has 0 bridgehead atoms. The minimum Gasteiger partial charge on any atom is -0.495 e. The Kier molecular flexibility index (Phi) is 5.79. The van der Waals surface area contributed by atoms with Crippen LogP contribution in [0.15, 0.2) is 30.5 Å². The molecule has 8 heteroatoms. The molecule has 1 unspecified atom stereocenters. The molecule has 1 aromatic heterocycles. The van der Waals surface area contributed by atoms with Crippen molar-refractivity contribution < 1.29 is 14.3 Å². The lowest BCUT2D eigenvalue weighted by atomic mass is 10.1. The van der Waals surface area contributed by atoms with E-state index in [1.807, 2.05) is 42.3 Å². The summed E-state index contributed by atoms with van der Waals surface area (Å²) >= 11 is 1.71. The SMILES string of the molecule is COc1ccccc1N1CCN(Cc2cnc(N3CCOCC3)s2)C(C)C1=O. The number of hydrogen-bond donors (Lipinski definition) is 0. The van der Waals surface area contributed by atoms with Gasteiger partial charge in [-0.3, -0.25) is 9.69 Å². The minimum atomic E-state index is -0.187. The second-order valence-corrected chi connectivity index (χ2v) is 8.11. The molecule has 2 aliphatic heterocycles. The van der Waals surface area contributed by atoms with E-state index in [1.165, 1.54) is 4.88 Å². The first-order valence-electron chi connectivity index (χ1n) is 9.63. The maximum atomic E-state index is 13.0. The number of thiazole rings is 1. The lowest BCUT2D eigenvalue weighted by Gasteiger charge is -2.39. The second-order valence-electron chi connectivity index (χ2n) is 7.02. The van der Waals surface area contributed by atoms with E-state index in [0.717, 1.165) is 56.0 Å². The molecule has 2 aliphatic rings. The fourth-order valence-corrected chi connectivity index (χ4v) is 4.68. The van der Waals surface area contributed by atoms with Crippen LogP contribution in [0.25, 0.3) is 0 Å². The number of para-hydroxylation sites is 2. The molecular formula is C20H26N4O3S. The highest BCUT2D eigenvalue weighted by molar-refractivity contribution is 7.15. The number of carbonyl (C=O) groups is 1. The zero-order valence-electron chi connectivity index (χ0n) is 16.3. The van der Waals surface area contributed by atoms with Gasteiger partial charge in [-0.25, -0.2) is 4.98 Å². The summed E-state index contributed by atoms with van der Waals surface area (Å²) in [6.45, 7) is 7.48. The van der Waals surface area contributed by atoms with Crippen LogP contribution in [0, 0.1) is 0 Å². The Hall–Kier alpha value is -2.16. The van der Waals surface area contributed by atoms with Gasteiger partial charge in [0.25, 0.3) is 0 Å². The number of hydrogen-bond acceptors (Lipinski definition) is 7. The van der Waals surface area contributed by atoms with E-state index in [2.05, 4.69) is 14.8 Å². The van der Waals surface area contributed by atoms with E-state index in [-0.39, 0.29) is 11.9 Å². The highest BCUT2D eigenvalue weighted by atomic mass is 32.1. The molecule has 2 saturated heterocycles. The van der Waals surface area contributed by atoms with Crippen LogP contribution >= 0.6 is 11.3 Å². The van der Waals surface area contributed by atoms with Crippen molar-refractivity contribution >= 4 is 28.1 Å². The smallest absolute Gasteiger partial charge is 0.244 e. The lowest BCUT2D eigenvalue weighted by Crippen LogP contribution is -2.55. The summed E-state index contributed by atoms with van der Waals surface area (Å²) in [4.78, 5) is 25.1. The van der Waals surface area contributed by atoms with Gasteiger partial charge < -0.3 is 19.3 Å². The number of rotatable bonds is 5. The van der Waals surface area contributed by atoms with Crippen molar-refractivity contribution in [2.45, 2.75) is 19.5 Å². The number of amides is 1. The summed E-state index contributed by atoms with van der Waals surface area (Å²) in [5, 5.41) is 1.05. The zero-order chi connectivity index (χ0) is 19.5. The Balaban J connectivity index is 1.42. The molecule has 0 spiro atoms. The first-order valence-corrected chi connectivity index (χ1v) is 10.4. The monoisotopic (exact) mass is 402 g/mol. The minimum absolute atomic E-state index is 0.105. The third kappa shape index (κ3) is 3.85. The number of piperazine rings is 1. The van der Waals surface area contributed by atoms with Gasteiger partial charge in [0.15, 0.2) is 5.13 Å². The van der Waals surface area contributed by atoms with Crippen LogP contribution in [-0.2, 0) is 16.1 Å². The highest BCUT2D eigenvalue weighted by Crippen LogP contribution is 2.31. The number of carbonyl (C=O) groups excluding carboxylic acids is 1. The van der Waals surface area contributed by atoms with Gasteiger partial charge >= 0.3 is 0 Å². The molecule has 1 amide bonds. The van der Waals surface area contributed by atoms with Crippen molar-refractivity contribution in [2.24, 2.45) is 0 Å². The van der Waals surface area contributed by atoms with E-state index >= 15 is 0 Å². The Bertz CT molecular complexity index is 821. The second kappa shape index (κ2) is 8.46. The number of anilines is 2. The number of methoxy groups -OCH3 is 1. The third-order valence-corrected chi connectivity index (χ3v) is 6.38. The molecule has 7 nitrogen and oxygen atoms in total. The Labute approximate surface area is 169 Å². The summed E-state index contributed by atoms with van der Waals surface area (Å²) in [6.07, 6.45) is 1.94. The summed E-state index contributed by atoms with van der Waals surface area (Å²) in [6, 6.07) is 7.50. The van der Waals surface area contributed by atoms with Crippen molar-refractivity contribution in [3.8, 4) is 5.75 Å². The Morgan fingerprint density at radius 1 is 1.21 bits per heavy atom. The Morgan fingerprint density at radius 2 is 2.00 bits per heavy atom. The molecule has 1 atom stereocenters. The normalized spacial score (nSPS) is 21.2. The topological polar surface area (TPSA) is 58.1 Å². The fraction of sp³-hybridized carbons (Fsp3) is 0.500. The summed E-state index contributed by atoms with van der Waals surface area (Å²) in [5.74, 6) is 0.836. The van der Waals surface area contributed by atoms with E-state index in [0.29, 0.717) is 6.54 Å². The molecule has 150 valence electrons. The number of morpholine rings is 1. The quantitative estimate of drug-likeness (QED) is 0.765. The van der Waals surface area contributed by atoms with Crippen LogP contribution in [0.1, 0.15) is 11.8 Å². The van der Waals surface area contributed by atoms with Crippen LogP contribution < -0.4 is 14.5 Å². The summed E-state index contributed by atoms with van der Waals surface area (Å²) in [7, 11) is 1.64. The maximum Gasteiger partial charge on any atom is 0.244 e. The first kappa shape index (κ1) is 19.2. The highest BCUT2D eigenvalue weighted by Gasteiger charge is 2.33. The van der Waals surface area contributed by atoms with Crippen molar-refractivity contribution in [2.75, 3.05) is 56.3 Å². The van der Waals surface area contributed by atoms with Crippen LogP contribution in [0.5, 0.6) is 5.75 Å². The van der Waals surface area contributed by atoms with E-state index < -0.39 is 0 Å². The molecule has 4 rings (SSSR count). The molecule has 0 N–H and O–H groups in total. The number of ether oxygens (including phenoxy) is 2. The van der Waals surface area contributed by atoms with Crippen molar-refractivity contribution in [3.05, 3.63) is 35.3 Å². The predicted octanol–water partition coefficient (Wildman–Crippen LogP) is 2.23. The van der Waals surface area contributed by atoms with Gasteiger partial charge in [-0.05, 0) is 19.1 Å². The van der Waals surface area contributed by atoms with Crippen molar-refractivity contribution in [1.29, 1.82) is 0 Å². The standard InChI is InChI=1S/C20H26N4O3S/c1-15-19(25)24(17-5-3-4-6-18(17)26-2)8-7-23(15)14-16-13-21-20(28-16)22-9-11-27-12-10-22/h3-6,13,15H,7-12,14H2,1-2H3. The molecule has 2 aromatic rings. The largest absolute Gasteiger partial charge is 0.495 e. The van der Waals surface area contributed by atoms with Gasteiger partial charge in [-0.15, -0.1) is 11.3 Å². The maximum absolute atomic E-state index is 13.0. The summed E-state index contributed by atoms with van der Waals surface area (Å²) in [5.41, 5.74) is 0.842. The molecule has 3 heterocycles. The van der Waals surface area contributed by atoms with Crippen molar-refractivity contribution in [1.82, 2.24) is 9.88 Å². The number of benzene rings is 1. The lowest BCUT2D eigenvalue weighted by molar-refractivity contribution is -0.125. The van der Waals surface area contributed by atoms with Gasteiger partial charge in [-0.2, -0.15) is 0 Å². The van der Waals surface area contributed by atoms with Gasteiger partial charge in [0.05, 0.1) is 32.1 Å². The van der Waals surface area contributed by atoms with E-state index in [9.17, 15) is 4.79 Å². The molecular weight excluding hydrogens is 376 g/mol. The average Bonchev–Trinajstić information content (AvgIpc) is 3.21. The molecule has 0 saturated carbocycles. The number of nitrogens with zero attached hydrogens (tertiary/aromatic N) is 4. The molecule has 0 aliphatic carbocycles. The Morgan fingerprint density at radius 3 is 2.79 bits per heavy atom.